The molecule has 3 nitrogen and oxygen atoms in total. The van der Waals surface area contributed by atoms with Gasteiger partial charge in [-0.05, 0) is 45.6 Å². The molecule has 3 N–H and O–H groups in total. The lowest BCUT2D eigenvalue weighted by atomic mass is 10.3. The summed E-state index contributed by atoms with van der Waals surface area (Å²) < 4.78 is 0.805. The number of halogens is 1. The first kappa shape index (κ1) is 11.2. The second kappa shape index (κ2) is 4.67. The Morgan fingerprint density at radius 1 is 1.38 bits per heavy atom. The van der Waals surface area contributed by atoms with E-state index in [1.807, 2.05) is 11.4 Å². The van der Waals surface area contributed by atoms with Crippen LogP contribution >= 0.6 is 27.3 Å². The number of amides is 1. The number of rotatable bonds is 2. The monoisotopic (exact) mass is 296 g/mol. The number of hydrogen-bond acceptors (Lipinski definition) is 3. The molecule has 0 unspecified atom stereocenters. The van der Waals surface area contributed by atoms with Crippen LogP contribution in [0.4, 0.5) is 11.4 Å². The average molecular weight is 297 g/mol. The number of nitrogens with one attached hydrogen (secondary N) is 1. The Kier molecular flexibility index (Phi) is 3.26. The minimum atomic E-state index is -0.132. The zero-order valence-electron chi connectivity index (χ0n) is 8.24. The van der Waals surface area contributed by atoms with Crippen molar-refractivity contribution < 1.29 is 4.79 Å². The van der Waals surface area contributed by atoms with Crippen LogP contribution in [0, 0.1) is 0 Å². The Morgan fingerprint density at radius 2 is 2.19 bits per heavy atom. The number of hydrogen-bond donors (Lipinski definition) is 2. The lowest BCUT2D eigenvalue weighted by molar-refractivity contribution is 0.103. The average Bonchev–Trinajstić information content (AvgIpc) is 2.64. The summed E-state index contributed by atoms with van der Waals surface area (Å²) in [5, 5.41) is 4.65. The molecule has 0 aliphatic heterocycles. The highest BCUT2D eigenvalue weighted by Crippen LogP contribution is 2.24. The molecule has 0 fully saturated rings. The molecule has 1 heterocycles. The van der Waals surface area contributed by atoms with E-state index in [1.165, 1.54) is 11.3 Å². The number of nitrogens with two attached hydrogens (primary N) is 1. The molecule has 16 heavy (non-hydrogen) atoms. The van der Waals surface area contributed by atoms with Crippen molar-refractivity contribution in [1.82, 2.24) is 0 Å². The minimum Gasteiger partial charge on any atom is -0.399 e. The quantitative estimate of drug-likeness (QED) is 0.835. The molecule has 0 bridgehead atoms. The zero-order chi connectivity index (χ0) is 11.5. The number of nitrogen functional groups attached to an aromatic ring is 1. The van der Waals surface area contributed by atoms with Gasteiger partial charge in [-0.25, -0.2) is 0 Å². The molecule has 1 aromatic heterocycles. The molecule has 1 amide bonds. The molecule has 0 aliphatic carbocycles. The highest BCUT2D eigenvalue weighted by Gasteiger charge is 2.11. The molecule has 0 spiro atoms. The first-order valence-corrected chi connectivity index (χ1v) is 6.24. The van der Waals surface area contributed by atoms with Crippen LogP contribution in [0.5, 0.6) is 0 Å². The Hall–Kier alpha value is -1.33. The fraction of sp³-hybridized carbons (Fsp3) is 0. The predicted octanol–water partition coefficient (Wildman–Crippen LogP) is 3.35. The summed E-state index contributed by atoms with van der Waals surface area (Å²) >= 11 is 4.71. The maximum atomic E-state index is 11.8. The lowest BCUT2D eigenvalue weighted by Gasteiger charge is -2.04. The van der Waals surface area contributed by atoms with E-state index < -0.39 is 0 Å². The van der Waals surface area contributed by atoms with E-state index in [0.717, 1.165) is 4.47 Å². The molecule has 2 rings (SSSR count). The number of benzene rings is 1. The van der Waals surface area contributed by atoms with Crippen molar-refractivity contribution in [3.05, 3.63) is 45.1 Å². The summed E-state index contributed by atoms with van der Waals surface area (Å²) in [4.78, 5) is 12.5. The third kappa shape index (κ3) is 2.43. The molecule has 0 saturated heterocycles. The summed E-state index contributed by atoms with van der Waals surface area (Å²) in [5.41, 5.74) is 6.95. The van der Waals surface area contributed by atoms with Gasteiger partial charge < -0.3 is 11.1 Å². The molecular weight excluding hydrogens is 288 g/mol. The van der Waals surface area contributed by atoms with E-state index >= 15 is 0 Å². The van der Waals surface area contributed by atoms with Gasteiger partial charge in [0.15, 0.2) is 0 Å². The summed E-state index contributed by atoms with van der Waals surface area (Å²) in [5.74, 6) is -0.132. The van der Waals surface area contributed by atoms with Crippen LogP contribution in [0.1, 0.15) is 9.67 Å². The first-order chi connectivity index (χ1) is 7.66. The molecule has 0 atom stereocenters. The van der Waals surface area contributed by atoms with E-state index in [-0.39, 0.29) is 5.91 Å². The molecule has 0 saturated carbocycles. The fourth-order valence-corrected chi connectivity index (χ4v) is 2.71. The molecular formula is C11H9BrN2OS. The van der Waals surface area contributed by atoms with Gasteiger partial charge in [0, 0.05) is 15.8 Å². The standard InChI is InChI=1S/C11H9BrN2OS/c12-9-4-5-16-10(9)11(15)14-8-3-1-2-7(13)6-8/h1-6H,13H2,(H,14,15). The normalized spacial score (nSPS) is 10.1. The maximum absolute atomic E-state index is 11.8. The molecule has 0 aliphatic rings. The van der Waals surface area contributed by atoms with E-state index in [9.17, 15) is 4.79 Å². The van der Waals surface area contributed by atoms with Gasteiger partial charge in [-0.3, -0.25) is 4.79 Å². The van der Waals surface area contributed by atoms with Gasteiger partial charge >= 0.3 is 0 Å². The number of carbonyl (C=O) groups excluding carboxylic acids is 1. The van der Waals surface area contributed by atoms with Crippen LogP contribution in [0.15, 0.2) is 40.2 Å². The van der Waals surface area contributed by atoms with Crippen molar-refractivity contribution in [1.29, 1.82) is 0 Å². The van der Waals surface area contributed by atoms with Gasteiger partial charge in [-0.1, -0.05) is 6.07 Å². The summed E-state index contributed by atoms with van der Waals surface area (Å²) in [6.45, 7) is 0. The summed E-state index contributed by atoms with van der Waals surface area (Å²) in [6.07, 6.45) is 0. The fourth-order valence-electron chi connectivity index (χ4n) is 1.26. The van der Waals surface area contributed by atoms with Crippen LogP contribution in [0.3, 0.4) is 0 Å². The molecule has 0 radical (unpaired) electrons. The Morgan fingerprint density at radius 3 is 2.81 bits per heavy atom. The third-order valence-corrected chi connectivity index (χ3v) is 3.80. The van der Waals surface area contributed by atoms with E-state index in [2.05, 4.69) is 21.2 Å². The van der Waals surface area contributed by atoms with E-state index in [4.69, 9.17) is 5.73 Å². The van der Waals surface area contributed by atoms with E-state index in [0.29, 0.717) is 16.3 Å². The topological polar surface area (TPSA) is 55.1 Å². The summed E-state index contributed by atoms with van der Waals surface area (Å²) in [6, 6.07) is 8.94. The van der Waals surface area contributed by atoms with Crippen molar-refractivity contribution in [2.24, 2.45) is 0 Å². The first-order valence-electron chi connectivity index (χ1n) is 4.56. The smallest absolute Gasteiger partial charge is 0.266 e. The van der Waals surface area contributed by atoms with Crippen LogP contribution in [0.2, 0.25) is 0 Å². The van der Waals surface area contributed by atoms with Crippen LogP contribution in [-0.2, 0) is 0 Å². The van der Waals surface area contributed by atoms with Gasteiger partial charge in [0.25, 0.3) is 5.91 Å². The lowest BCUT2D eigenvalue weighted by Crippen LogP contribution is -2.10. The minimum absolute atomic E-state index is 0.132. The Labute approximate surface area is 105 Å². The summed E-state index contributed by atoms with van der Waals surface area (Å²) in [7, 11) is 0. The molecule has 2 aromatic rings. The van der Waals surface area contributed by atoms with Gasteiger partial charge in [0.05, 0.1) is 0 Å². The van der Waals surface area contributed by atoms with Gasteiger partial charge in [0.2, 0.25) is 0 Å². The van der Waals surface area contributed by atoms with E-state index in [1.54, 1.807) is 24.3 Å². The third-order valence-electron chi connectivity index (χ3n) is 1.97. The number of carbonyl (C=O) groups is 1. The SMILES string of the molecule is Nc1cccc(NC(=O)c2sccc2Br)c1. The van der Waals surface area contributed by atoms with Crippen molar-refractivity contribution in [2.75, 3.05) is 11.1 Å². The van der Waals surface area contributed by atoms with Crippen molar-refractivity contribution in [3.8, 4) is 0 Å². The predicted molar refractivity (Wildman–Crippen MR) is 70.8 cm³/mol. The Bertz CT molecular complexity index is 524. The number of anilines is 2. The van der Waals surface area contributed by atoms with Crippen molar-refractivity contribution in [2.45, 2.75) is 0 Å². The van der Waals surface area contributed by atoms with Crippen LogP contribution in [0.25, 0.3) is 0 Å². The second-order valence-electron chi connectivity index (χ2n) is 3.18. The van der Waals surface area contributed by atoms with Crippen LogP contribution < -0.4 is 11.1 Å². The van der Waals surface area contributed by atoms with Gasteiger partial charge in [0.1, 0.15) is 4.88 Å². The zero-order valence-corrected chi connectivity index (χ0v) is 10.6. The Balaban J connectivity index is 2.17. The molecule has 5 heteroatoms. The maximum Gasteiger partial charge on any atom is 0.266 e. The van der Waals surface area contributed by atoms with Gasteiger partial charge in [-0.2, -0.15) is 0 Å². The highest BCUT2D eigenvalue weighted by atomic mass is 79.9. The number of thiophene rings is 1. The molecule has 1 aromatic carbocycles. The van der Waals surface area contributed by atoms with Crippen molar-refractivity contribution in [3.63, 3.8) is 0 Å². The molecule has 82 valence electrons. The van der Waals surface area contributed by atoms with Gasteiger partial charge in [-0.15, -0.1) is 11.3 Å². The van der Waals surface area contributed by atoms with Crippen molar-refractivity contribution >= 4 is 44.5 Å². The van der Waals surface area contributed by atoms with Crippen LogP contribution in [-0.4, -0.2) is 5.91 Å². The highest BCUT2D eigenvalue weighted by molar-refractivity contribution is 9.10. The largest absolute Gasteiger partial charge is 0.399 e. The second-order valence-corrected chi connectivity index (χ2v) is 4.95.